The molecule has 0 aliphatic rings. The van der Waals surface area contributed by atoms with E-state index >= 15 is 0 Å². The van der Waals surface area contributed by atoms with Crippen LogP contribution in [0.1, 0.15) is 18.9 Å². The number of carboxylic acid groups (broad SMARTS) is 1. The third kappa shape index (κ3) is 5.51. The van der Waals surface area contributed by atoms with Crippen LogP contribution in [-0.2, 0) is 20.8 Å². The molecule has 0 saturated carbocycles. The van der Waals surface area contributed by atoms with Crippen molar-refractivity contribution in [1.82, 2.24) is 4.90 Å². The zero-order valence-electron chi connectivity index (χ0n) is 11.5. The van der Waals surface area contributed by atoms with Gasteiger partial charge in [-0.15, -0.1) is 0 Å². The molecule has 0 aliphatic carbocycles. The summed E-state index contributed by atoms with van der Waals surface area (Å²) in [5.41, 5.74) is 1.51. The van der Waals surface area contributed by atoms with E-state index < -0.39 is 5.97 Å². The molecule has 20 heavy (non-hydrogen) atoms. The first-order valence-electron chi connectivity index (χ1n) is 6.21. The zero-order chi connectivity index (χ0) is 15.1. The Bertz CT molecular complexity index is 496. The molecule has 0 spiro atoms. The fraction of sp³-hybridized carbons (Fsp3) is 0.357. The molecular formula is C14H18N2O4. The van der Waals surface area contributed by atoms with Gasteiger partial charge in [-0.2, -0.15) is 0 Å². The molecule has 0 radical (unpaired) electrons. The Hall–Kier alpha value is -2.37. The topological polar surface area (TPSA) is 86.7 Å². The average Bonchev–Trinajstić information content (AvgIpc) is 2.37. The highest BCUT2D eigenvalue weighted by molar-refractivity contribution is 5.94. The number of aliphatic carboxylic acids is 1. The van der Waals surface area contributed by atoms with Crippen molar-refractivity contribution in [3.63, 3.8) is 0 Å². The maximum Gasteiger partial charge on any atom is 0.303 e. The number of nitrogens with zero attached hydrogens (tertiary/aromatic N) is 1. The third-order valence-corrected chi connectivity index (χ3v) is 2.78. The minimum Gasteiger partial charge on any atom is -0.481 e. The molecule has 1 aromatic carbocycles. The number of carbonyl (C=O) groups excluding carboxylic acids is 2. The minimum absolute atomic E-state index is 0.00387. The molecule has 0 unspecified atom stereocenters. The number of rotatable bonds is 6. The molecule has 2 amide bonds. The first kappa shape index (κ1) is 15.7. The maximum absolute atomic E-state index is 11.6. The summed E-state index contributed by atoms with van der Waals surface area (Å²) < 4.78 is 0. The maximum atomic E-state index is 11.6. The van der Waals surface area contributed by atoms with Gasteiger partial charge in [-0.05, 0) is 24.1 Å². The molecule has 0 heterocycles. The second-order valence-corrected chi connectivity index (χ2v) is 4.51. The van der Waals surface area contributed by atoms with Gasteiger partial charge in [0.15, 0.2) is 0 Å². The van der Waals surface area contributed by atoms with Gasteiger partial charge in [0.1, 0.15) is 0 Å². The summed E-state index contributed by atoms with van der Waals surface area (Å²) in [5, 5.41) is 11.3. The SMILES string of the molecule is CC(=O)N(C)CC(=O)Nc1ccc(CCC(=O)O)cc1. The molecule has 1 aromatic rings. The second kappa shape index (κ2) is 7.28. The normalized spacial score (nSPS) is 9.90. The Labute approximate surface area is 117 Å². The summed E-state index contributed by atoms with van der Waals surface area (Å²) >= 11 is 0. The Morgan fingerprint density at radius 2 is 1.80 bits per heavy atom. The first-order chi connectivity index (χ1) is 9.38. The molecule has 108 valence electrons. The molecule has 0 fully saturated rings. The van der Waals surface area contributed by atoms with Crippen molar-refractivity contribution >= 4 is 23.5 Å². The molecule has 0 aromatic heterocycles. The summed E-state index contributed by atoms with van der Waals surface area (Å²) in [6.45, 7) is 1.39. The highest BCUT2D eigenvalue weighted by atomic mass is 16.4. The van der Waals surface area contributed by atoms with E-state index in [-0.39, 0.29) is 24.8 Å². The van der Waals surface area contributed by atoms with Crippen LogP contribution >= 0.6 is 0 Å². The van der Waals surface area contributed by atoms with Crippen molar-refractivity contribution < 1.29 is 19.5 Å². The highest BCUT2D eigenvalue weighted by Crippen LogP contribution is 2.11. The quantitative estimate of drug-likeness (QED) is 0.816. The van der Waals surface area contributed by atoms with Crippen molar-refractivity contribution in [3.8, 4) is 0 Å². The number of amides is 2. The van der Waals surface area contributed by atoms with Gasteiger partial charge in [-0.1, -0.05) is 12.1 Å². The van der Waals surface area contributed by atoms with E-state index in [9.17, 15) is 14.4 Å². The Kier molecular flexibility index (Phi) is 5.71. The lowest BCUT2D eigenvalue weighted by Gasteiger charge is -2.14. The number of benzene rings is 1. The van der Waals surface area contributed by atoms with Gasteiger partial charge in [0.25, 0.3) is 0 Å². The fourth-order valence-electron chi connectivity index (χ4n) is 1.53. The number of likely N-dealkylation sites (N-methyl/N-ethyl adjacent to an activating group) is 1. The van der Waals surface area contributed by atoms with E-state index in [1.807, 2.05) is 0 Å². The van der Waals surface area contributed by atoms with Crippen LogP contribution in [0.25, 0.3) is 0 Å². The van der Waals surface area contributed by atoms with Crippen LogP contribution < -0.4 is 5.32 Å². The summed E-state index contributed by atoms with van der Waals surface area (Å²) in [6, 6.07) is 6.96. The highest BCUT2D eigenvalue weighted by Gasteiger charge is 2.09. The fourth-order valence-corrected chi connectivity index (χ4v) is 1.53. The van der Waals surface area contributed by atoms with Crippen LogP contribution in [-0.4, -0.2) is 41.4 Å². The summed E-state index contributed by atoms with van der Waals surface area (Å²) in [6.07, 6.45) is 0.533. The first-order valence-corrected chi connectivity index (χ1v) is 6.21. The van der Waals surface area contributed by atoms with Crippen molar-refractivity contribution in [2.75, 3.05) is 18.9 Å². The lowest BCUT2D eigenvalue weighted by atomic mass is 10.1. The van der Waals surface area contributed by atoms with Gasteiger partial charge in [-0.25, -0.2) is 0 Å². The molecule has 1 rings (SSSR count). The van der Waals surface area contributed by atoms with Crippen LogP contribution in [0, 0.1) is 0 Å². The van der Waals surface area contributed by atoms with Crippen molar-refractivity contribution in [2.45, 2.75) is 19.8 Å². The Morgan fingerprint density at radius 1 is 1.20 bits per heavy atom. The average molecular weight is 278 g/mol. The van der Waals surface area contributed by atoms with Gasteiger partial charge >= 0.3 is 5.97 Å². The van der Waals surface area contributed by atoms with Crippen molar-refractivity contribution in [1.29, 1.82) is 0 Å². The molecule has 0 aliphatic heterocycles. The predicted octanol–water partition coefficient (Wildman–Crippen LogP) is 1.12. The molecule has 0 bridgehead atoms. The smallest absolute Gasteiger partial charge is 0.303 e. The number of aryl methyl sites for hydroxylation is 1. The van der Waals surface area contributed by atoms with Gasteiger partial charge < -0.3 is 15.3 Å². The van der Waals surface area contributed by atoms with Crippen molar-refractivity contribution in [3.05, 3.63) is 29.8 Å². The molecule has 0 atom stereocenters. The molecule has 6 nitrogen and oxygen atoms in total. The number of hydrogen-bond donors (Lipinski definition) is 2. The molecule has 6 heteroatoms. The summed E-state index contributed by atoms with van der Waals surface area (Å²) in [4.78, 5) is 34.4. The minimum atomic E-state index is -0.838. The van der Waals surface area contributed by atoms with E-state index in [4.69, 9.17) is 5.11 Å². The van der Waals surface area contributed by atoms with Gasteiger partial charge in [-0.3, -0.25) is 14.4 Å². The van der Waals surface area contributed by atoms with Gasteiger partial charge in [0.2, 0.25) is 11.8 Å². The van der Waals surface area contributed by atoms with Crippen molar-refractivity contribution in [2.24, 2.45) is 0 Å². The Morgan fingerprint density at radius 3 is 2.30 bits per heavy atom. The number of carboxylic acids is 1. The van der Waals surface area contributed by atoms with Gasteiger partial charge in [0.05, 0.1) is 6.54 Å². The molecule has 0 saturated heterocycles. The second-order valence-electron chi connectivity index (χ2n) is 4.51. The largest absolute Gasteiger partial charge is 0.481 e. The zero-order valence-corrected chi connectivity index (χ0v) is 11.5. The standard InChI is InChI=1S/C14H18N2O4/c1-10(17)16(2)9-13(18)15-12-6-3-11(4-7-12)5-8-14(19)20/h3-4,6-7H,5,8-9H2,1-2H3,(H,15,18)(H,19,20). The van der Waals surface area contributed by atoms with Gasteiger partial charge in [0, 0.05) is 26.1 Å². The Balaban J connectivity index is 2.50. The molecular weight excluding hydrogens is 260 g/mol. The van der Waals surface area contributed by atoms with Crippen LogP contribution in [0.4, 0.5) is 5.69 Å². The van der Waals surface area contributed by atoms with E-state index in [1.165, 1.54) is 11.8 Å². The summed E-state index contributed by atoms with van der Waals surface area (Å²) in [5.74, 6) is -1.29. The lowest BCUT2D eigenvalue weighted by Crippen LogP contribution is -2.33. The van der Waals surface area contributed by atoms with E-state index in [2.05, 4.69) is 5.32 Å². The van der Waals surface area contributed by atoms with E-state index in [1.54, 1.807) is 31.3 Å². The van der Waals surface area contributed by atoms with E-state index in [0.717, 1.165) is 5.56 Å². The number of carbonyl (C=O) groups is 3. The number of hydrogen-bond acceptors (Lipinski definition) is 3. The van der Waals surface area contributed by atoms with Crippen LogP contribution in [0.2, 0.25) is 0 Å². The summed E-state index contributed by atoms with van der Waals surface area (Å²) in [7, 11) is 1.55. The number of anilines is 1. The van der Waals surface area contributed by atoms with Crippen LogP contribution in [0.3, 0.4) is 0 Å². The number of nitrogens with one attached hydrogen (secondary N) is 1. The third-order valence-electron chi connectivity index (χ3n) is 2.78. The lowest BCUT2D eigenvalue weighted by molar-refractivity contribution is -0.137. The van der Waals surface area contributed by atoms with E-state index in [0.29, 0.717) is 12.1 Å². The predicted molar refractivity (Wildman–Crippen MR) is 74.3 cm³/mol. The van der Waals surface area contributed by atoms with Crippen LogP contribution in [0.5, 0.6) is 0 Å². The van der Waals surface area contributed by atoms with Crippen LogP contribution in [0.15, 0.2) is 24.3 Å². The molecule has 2 N–H and O–H groups in total. The monoisotopic (exact) mass is 278 g/mol.